The molecule has 2 nitrogen and oxygen atoms in total. The minimum absolute atomic E-state index is 0.356. The number of halogens is 12. The second kappa shape index (κ2) is 17.6. The van der Waals surface area contributed by atoms with Crippen molar-refractivity contribution in [1.29, 1.82) is 0 Å². The van der Waals surface area contributed by atoms with E-state index in [0.717, 1.165) is 21.2 Å². The molecule has 2 rings (SSSR count). The average molecular weight is 918 g/mol. The maximum absolute atomic E-state index is 6.54. The van der Waals surface area contributed by atoms with Crippen LogP contribution in [-0.4, -0.2) is 46.7 Å². The molecule has 0 saturated carbocycles. The number of anilines is 2. The van der Waals surface area contributed by atoms with Gasteiger partial charge in [0.15, 0.2) is 0 Å². The van der Waals surface area contributed by atoms with Crippen molar-refractivity contribution in [2.24, 2.45) is 0 Å². The van der Waals surface area contributed by atoms with E-state index in [2.05, 4.69) is 0 Å². The van der Waals surface area contributed by atoms with Crippen LogP contribution in [0.25, 0.3) is 0 Å². The summed E-state index contributed by atoms with van der Waals surface area (Å²) in [5.41, 5.74) is 0.259. The standard InChI is InChI=1S/C24H32Cl12N2SSi4/c1-5-21(40(25,26)27)37(22(6-2)41(28,29)30)17-9-13-19(14-10-17)39-20-15-11-18(12-16-20)38(23(7-3)42(31,32)33)24(8-4)43(34,35)36/h9-16,21-24H,5-8H2,1-4H3. The summed E-state index contributed by atoms with van der Waals surface area (Å²) >= 11 is 80.1. The molecule has 0 heterocycles. The van der Waals surface area contributed by atoms with E-state index in [1.807, 2.05) is 86.0 Å². The number of rotatable bonds is 16. The lowest BCUT2D eigenvalue weighted by Crippen LogP contribution is -2.57. The van der Waals surface area contributed by atoms with Crippen LogP contribution in [0.1, 0.15) is 53.4 Å². The summed E-state index contributed by atoms with van der Waals surface area (Å²) in [6.07, 6.45) is 2.42. The lowest BCUT2D eigenvalue weighted by Gasteiger charge is -2.43. The van der Waals surface area contributed by atoms with Crippen molar-refractivity contribution in [3.05, 3.63) is 48.5 Å². The Morgan fingerprint density at radius 2 is 0.651 bits per heavy atom. The quantitative estimate of drug-likeness (QED) is 0.122. The number of hydrogen-bond acceptors (Lipinski definition) is 3. The molecule has 43 heavy (non-hydrogen) atoms. The van der Waals surface area contributed by atoms with Crippen LogP contribution in [0.2, 0.25) is 0 Å². The Labute approximate surface area is 320 Å². The molecule has 0 amide bonds. The number of benzene rings is 2. The molecule has 2 aromatic rings. The predicted octanol–water partition coefficient (Wildman–Crippen LogP) is 13.3. The number of nitrogens with zero attached hydrogens (tertiary/aromatic N) is 2. The molecule has 0 aliphatic carbocycles. The third kappa shape index (κ3) is 11.9. The molecule has 0 radical (unpaired) electrons. The fourth-order valence-electron chi connectivity index (χ4n) is 5.01. The molecule has 4 unspecified atom stereocenters. The highest BCUT2D eigenvalue weighted by Gasteiger charge is 2.49. The molecule has 0 aliphatic heterocycles. The van der Waals surface area contributed by atoms with Gasteiger partial charge in [-0.1, -0.05) is 39.5 Å². The van der Waals surface area contributed by atoms with Crippen molar-refractivity contribution >= 4 is 180 Å². The van der Waals surface area contributed by atoms with Crippen molar-refractivity contribution in [3.63, 3.8) is 0 Å². The van der Waals surface area contributed by atoms with E-state index in [4.69, 9.17) is 133 Å². The van der Waals surface area contributed by atoms with E-state index in [-0.39, 0.29) is 22.7 Å². The van der Waals surface area contributed by atoms with E-state index >= 15 is 0 Å². The van der Waals surface area contributed by atoms with Crippen LogP contribution in [0.4, 0.5) is 11.4 Å². The van der Waals surface area contributed by atoms with Crippen LogP contribution in [0.15, 0.2) is 58.3 Å². The number of hydrogen-bond donors (Lipinski definition) is 0. The van der Waals surface area contributed by atoms with Crippen molar-refractivity contribution in [2.75, 3.05) is 9.80 Å². The Bertz CT molecular complexity index is 1010. The first kappa shape index (κ1) is 41.9. The molecule has 4 atom stereocenters. The SMILES string of the molecule is CCC(N(c1ccc(Sc2ccc(N(C(CC)[Si](Cl)(Cl)Cl)C(CC)[Si](Cl)(Cl)Cl)cc2)cc1)C(CC)[Si](Cl)(Cl)Cl)[Si](Cl)(Cl)Cl. The van der Waals surface area contributed by atoms with Crippen LogP contribution in [0.5, 0.6) is 0 Å². The molecular formula is C24H32Cl12N2SSi4. The van der Waals surface area contributed by atoms with Gasteiger partial charge >= 0.3 is 24.0 Å². The fraction of sp³-hybridized carbons (Fsp3) is 0.500. The highest BCUT2D eigenvalue weighted by molar-refractivity contribution is 7.99. The van der Waals surface area contributed by atoms with Gasteiger partial charge in [0.2, 0.25) is 0 Å². The van der Waals surface area contributed by atoms with Crippen molar-refractivity contribution in [1.82, 2.24) is 0 Å². The zero-order valence-electron chi connectivity index (χ0n) is 23.6. The molecule has 0 spiro atoms. The molecule has 0 fully saturated rings. The van der Waals surface area contributed by atoms with Crippen LogP contribution in [-0.2, 0) is 0 Å². The Morgan fingerprint density at radius 3 is 0.814 bits per heavy atom. The zero-order chi connectivity index (χ0) is 33.0. The van der Waals surface area contributed by atoms with Gasteiger partial charge in [0.1, 0.15) is 0 Å². The second-order valence-corrected chi connectivity index (χ2v) is 46.3. The van der Waals surface area contributed by atoms with Gasteiger partial charge in [0, 0.05) is 21.2 Å². The Balaban J connectivity index is 2.43. The third-order valence-corrected chi connectivity index (χ3v) is 22.8. The first-order valence-electron chi connectivity index (χ1n) is 13.4. The molecule has 19 heteroatoms. The van der Waals surface area contributed by atoms with E-state index < -0.39 is 24.0 Å². The van der Waals surface area contributed by atoms with Gasteiger partial charge in [0.05, 0.1) is 22.7 Å². The topological polar surface area (TPSA) is 6.48 Å². The van der Waals surface area contributed by atoms with Gasteiger partial charge in [0.25, 0.3) is 0 Å². The Morgan fingerprint density at radius 1 is 0.442 bits per heavy atom. The fourth-order valence-corrected chi connectivity index (χ4v) is 19.9. The van der Waals surface area contributed by atoms with Gasteiger partial charge in [-0.15, -0.1) is 133 Å². The summed E-state index contributed by atoms with van der Waals surface area (Å²) in [7, 11) is 0. The summed E-state index contributed by atoms with van der Waals surface area (Å²) in [5, 5.41) is 0. The van der Waals surface area contributed by atoms with Crippen LogP contribution < -0.4 is 9.80 Å². The zero-order valence-corrected chi connectivity index (χ0v) is 37.5. The molecule has 0 aliphatic rings. The van der Waals surface area contributed by atoms with Crippen LogP contribution >= 0.6 is 145 Å². The Kier molecular flexibility index (Phi) is 17.2. The third-order valence-electron chi connectivity index (χ3n) is 6.91. The minimum atomic E-state index is -3.19. The van der Waals surface area contributed by atoms with Gasteiger partial charge in [-0.05, 0) is 74.2 Å². The van der Waals surface area contributed by atoms with E-state index in [9.17, 15) is 0 Å². The summed E-state index contributed by atoms with van der Waals surface area (Å²) in [6, 6.07) is 3.20. The molecule has 244 valence electrons. The van der Waals surface area contributed by atoms with Gasteiger partial charge in [-0.2, -0.15) is 0 Å². The summed E-state index contributed by atoms with van der Waals surface area (Å²) in [6.45, 7) is 7.91. The molecular weight excluding hydrogens is 886 g/mol. The predicted molar refractivity (Wildman–Crippen MR) is 212 cm³/mol. The largest absolute Gasteiger partial charge is 0.364 e. The van der Waals surface area contributed by atoms with Gasteiger partial charge in [-0.25, -0.2) is 0 Å². The van der Waals surface area contributed by atoms with E-state index in [1.54, 1.807) is 11.8 Å². The minimum Gasteiger partial charge on any atom is -0.364 e. The summed E-state index contributed by atoms with van der Waals surface area (Å²) < 4.78 is 0. The normalized spacial score (nSPS) is 16.0. The van der Waals surface area contributed by atoms with Crippen molar-refractivity contribution in [2.45, 2.75) is 85.8 Å². The van der Waals surface area contributed by atoms with E-state index in [1.165, 1.54) is 0 Å². The van der Waals surface area contributed by atoms with Crippen LogP contribution in [0.3, 0.4) is 0 Å². The van der Waals surface area contributed by atoms with Gasteiger partial charge in [-0.3, -0.25) is 0 Å². The first-order valence-corrected chi connectivity index (χ1v) is 34.7. The van der Waals surface area contributed by atoms with Crippen LogP contribution in [0, 0.1) is 0 Å². The first-order chi connectivity index (χ1) is 19.7. The smallest absolute Gasteiger partial charge is 0.362 e. The summed E-state index contributed by atoms with van der Waals surface area (Å²) in [4.78, 5) is 6.05. The Hall–Kier alpha value is 2.74. The highest BCUT2D eigenvalue weighted by atomic mass is 35.9. The maximum atomic E-state index is 6.54. The average Bonchev–Trinajstić information content (AvgIpc) is 2.86. The van der Waals surface area contributed by atoms with Crippen molar-refractivity contribution < 1.29 is 0 Å². The monoisotopic (exact) mass is 912 g/mol. The summed E-state index contributed by atoms with van der Waals surface area (Å²) in [5.74, 6) is 0. The lowest BCUT2D eigenvalue weighted by atomic mass is 10.2. The van der Waals surface area contributed by atoms with Crippen molar-refractivity contribution in [3.8, 4) is 0 Å². The lowest BCUT2D eigenvalue weighted by molar-refractivity contribution is 0.651. The van der Waals surface area contributed by atoms with E-state index in [0.29, 0.717) is 25.7 Å². The molecule has 2 aromatic carbocycles. The maximum Gasteiger partial charge on any atom is 0.362 e. The second-order valence-electron chi connectivity index (χ2n) is 9.77. The van der Waals surface area contributed by atoms with Gasteiger partial charge < -0.3 is 9.80 Å². The molecule has 0 N–H and O–H groups in total. The highest BCUT2D eigenvalue weighted by Crippen LogP contribution is 2.43. The molecule has 0 saturated heterocycles. The molecule has 0 aromatic heterocycles. The molecule has 0 bridgehead atoms.